The molecule has 5 heteroatoms. The number of benzene rings is 1. The number of fused-ring (bicyclic) bond motifs is 1. The van der Waals surface area contributed by atoms with Crippen LogP contribution in [0, 0.1) is 0 Å². The van der Waals surface area contributed by atoms with Crippen molar-refractivity contribution < 1.29 is 14.3 Å². The number of hydrogen-bond acceptors (Lipinski definition) is 4. The molecule has 0 bridgehead atoms. The van der Waals surface area contributed by atoms with Crippen molar-refractivity contribution in [1.29, 1.82) is 0 Å². The molecule has 0 aliphatic carbocycles. The van der Waals surface area contributed by atoms with Gasteiger partial charge < -0.3 is 9.47 Å². The molecule has 0 atom stereocenters. The lowest BCUT2D eigenvalue weighted by atomic mass is 10.0. The number of nitrogens with zero attached hydrogens (tertiary/aromatic N) is 1. The smallest absolute Gasteiger partial charge is 0.235 e. The van der Waals surface area contributed by atoms with Crippen LogP contribution in [-0.2, 0) is 17.8 Å². The monoisotopic (exact) mass is 253 g/mol. The van der Waals surface area contributed by atoms with Gasteiger partial charge in [-0.15, -0.1) is 0 Å². The highest BCUT2D eigenvalue weighted by molar-refractivity contribution is 6.33. The van der Waals surface area contributed by atoms with Crippen molar-refractivity contribution in [2.75, 3.05) is 13.2 Å². The number of aliphatic imine (C=N–C) groups is 1. The summed E-state index contributed by atoms with van der Waals surface area (Å²) >= 11 is 6.27. The molecule has 1 aliphatic rings. The van der Waals surface area contributed by atoms with E-state index in [4.69, 9.17) is 21.1 Å². The Bertz CT molecular complexity index is 481. The number of hydrogen-bond donors (Lipinski definition) is 0. The summed E-state index contributed by atoms with van der Waals surface area (Å²) in [5.41, 5.74) is 1.82. The van der Waals surface area contributed by atoms with Gasteiger partial charge in [-0.2, -0.15) is 0 Å². The number of ether oxygens (including phenoxy) is 2. The molecule has 0 radical (unpaired) electrons. The van der Waals surface area contributed by atoms with Crippen LogP contribution in [0.15, 0.2) is 11.1 Å². The molecule has 2 rings (SSSR count). The fourth-order valence-corrected chi connectivity index (χ4v) is 2.28. The van der Waals surface area contributed by atoms with Gasteiger partial charge in [0.2, 0.25) is 6.08 Å². The van der Waals surface area contributed by atoms with E-state index < -0.39 is 0 Å². The second kappa shape index (κ2) is 5.21. The fourth-order valence-electron chi connectivity index (χ4n) is 1.87. The Balaban J connectivity index is 2.51. The highest BCUT2D eigenvalue weighted by atomic mass is 35.5. The molecule has 0 amide bonds. The molecule has 4 nitrogen and oxygen atoms in total. The second-order valence-corrected chi connectivity index (χ2v) is 3.99. The third-order valence-corrected chi connectivity index (χ3v) is 3.04. The quantitative estimate of drug-likeness (QED) is 0.614. The Morgan fingerprint density at radius 2 is 2.24 bits per heavy atom. The third kappa shape index (κ3) is 2.28. The number of carbonyl (C=O) groups excluding carboxylic acids is 1. The topological polar surface area (TPSA) is 47.9 Å². The molecule has 0 N–H and O–H groups in total. The van der Waals surface area contributed by atoms with Crippen LogP contribution in [0.25, 0.3) is 0 Å². The summed E-state index contributed by atoms with van der Waals surface area (Å²) in [6, 6.07) is 1.83. The van der Waals surface area contributed by atoms with E-state index in [0.29, 0.717) is 29.7 Å². The Labute approximate surface area is 104 Å². The molecular weight excluding hydrogens is 242 g/mol. The Hall–Kier alpha value is -1.51. The van der Waals surface area contributed by atoms with Crippen molar-refractivity contribution >= 4 is 17.7 Å². The number of rotatable bonds is 3. The zero-order chi connectivity index (χ0) is 12.3. The van der Waals surface area contributed by atoms with E-state index in [1.165, 1.54) is 6.08 Å². The van der Waals surface area contributed by atoms with Crippen molar-refractivity contribution in [2.24, 2.45) is 4.99 Å². The van der Waals surface area contributed by atoms with E-state index in [0.717, 1.165) is 17.5 Å². The van der Waals surface area contributed by atoms with Gasteiger partial charge in [0, 0.05) is 0 Å². The summed E-state index contributed by atoms with van der Waals surface area (Å²) in [6.45, 7) is 3.27. The van der Waals surface area contributed by atoms with Gasteiger partial charge in [-0.3, -0.25) is 0 Å². The minimum Gasteiger partial charge on any atom is -0.486 e. The number of halogens is 1. The lowest BCUT2D eigenvalue weighted by molar-refractivity contribution is 0.171. The van der Waals surface area contributed by atoms with Crippen LogP contribution in [-0.4, -0.2) is 19.3 Å². The van der Waals surface area contributed by atoms with E-state index in [1.54, 1.807) is 0 Å². The summed E-state index contributed by atoms with van der Waals surface area (Å²) in [6.07, 6.45) is 2.28. The van der Waals surface area contributed by atoms with Crippen molar-refractivity contribution in [3.8, 4) is 11.5 Å². The molecule has 0 saturated carbocycles. The van der Waals surface area contributed by atoms with Crippen molar-refractivity contribution in [2.45, 2.75) is 19.9 Å². The lowest BCUT2D eigenvalue weighted by Gasteiger charge is -2.22. The molecular formula is C12H12ClNO3. The van der Waals surface area contributed by atoms with Gasteiger partial charge in [-0.05, 0) is 23.6 Å². The summed E-state index contributed by atoms with van der Waals surface area (Å²) < 4.78 is 11.0. The van der Waals surface area contributed by atoms with Crippen LogP contribution >= 0.6 is 11.6 Å². The highest BCUT2D eigenvalue weighted by Crippen LogP contribution is 2.41. The van der Waals surface area contributed by atoms with Crippen LogP contribution in [0.1, 0.15) is 18.1 Å². The van der Waals surface area contributed by atoms with Gasteiger partial charge in [0.15, 0.2) is 11.5 Å². The predicted octanol–water partition coefficient (Wildman–Crippen LogP) is 2.51. The van der Waals surface area contributed by atoms with Gasteiger partial charge in [0.05, 0.1) is 11.6 Å². The lowest BCUT2D eigenvalue weighted by Crippen LogP contribution is -2.16. The maximum Gasteiger partial charge on any atom is 0.235 e. The van der Waals surface area contributed by atoms with Crippen LogP contribution < -0.4 is 9.47 Å². The molecule has 0 fully saturated rings. The molecule has 0 saturated heterocycles. The Morgan fingerprint density at radius 1 is 1.47 bits per heavy atom. The van der Waals surface area contributed by atoms with Crippen LogP contribution in [0.5, 0.6) is 11.5 Å². The van der Waals surface area contributed by atoms with Crippen LogP contribution in [0.4, 0.5) is 0 Å². The maximum atomic E-state index is 10.2. The molecule has 1 aromatic carbocycles. The van der Waals surface area contributed by atoms with E-state index in [9.17, 15) is 4.79 Å². The first-order valence-electron chi connectivity index (χ1n) is 5.41. The third-order valence-electron chi connectivity index (χ3n) is 2.64. The molecule has 1 aliphatic heterocycles. The van der Waals surface area contributed by atoms with Crippen molar-refractivity contribution in [3.63, 3.8) is 0 Å². The first-order valence-corrected chi connectivity index (χ1v) is 5.79. The van der Waals surface area contributed by atoms with Crippen LogP contribution in [0.3, 0.4) is 0 Å². The summed E-state index contributed by atoms with van der Waals surface area (Å²) in [5, 5.41) is 0.556. The molecule has 1 aromatic rings. The summed E-state index contributed by atoms with van der Waals surface area (Å²) in [7, 11) is 0. The summed E-state index contributed by atoms with van der Waals surface area (Å²) in [5.74, 6) is 1.21. The normalized spacial score (nSPS) is 13.1. The molecule has 0 unspecified atom stereocenters. The van der Waals surface area contributed by atoms with E-state index in [2.05, 4.69) is 4.99 Å². The van der Waals surface area contributed by atoms with Gasteiger partial charge >= 0.3 is 0 Å². The van der Waals surface area contributed by atoms with Crippen molar-refractivity contribution in [3.05, 3.63) is 22.2 Å². The second-order valence-electron chi connectivity index (χ2n) is 3.61. The Kier molecular flexibility index (Phi) is 3.67. The number of isocyanates is 1. The summed E-state index contributed by atoms with van der Waals surface area (Å²) in [4.78, 5) is 13.8. The van der Waals surface area contributed by atoms with E-state index >= 15 is 0 Å². The first kappa shape index (κ1) is 12.0. The minimum atomic E-state index is 0.267. The first-order chi connectivity index (χ1) is 8.27. The van der Waals surface area contributed by atoms with Crippen LogP contribution in [0.2, 0.25) is 5.02 Å². The zero-order valence-electron chi connectivity index (χ0n) is 9.46. The van der Waals surface area contributed by atoms with Gasteiger partial charge in [-0.25, -0.2) is 9.79 Å². The predicted molar refractivity (Wildman–Crippen MR) is 63.6 cm³/mol. The zero-order valence-corrected chi connectivity index (χ0v) is 10.2. The average molecular weight is 254 g/mol. The molecule has 17 heavy (non-hydrogen) atoms. The molecule has 0 spiro atoms. The Morgan fingerprint density at radius 3 is 2.94 bits per heavy atom. The fraction of sp³-hybridized carbons (Fsp3) is 0.417. The van der Waals surface area contributed by atoms with Gasteiger partial charge in [0.25, 0.3) is 0 Å². The highest BCUT2D eigenvalue weighted by Gasteiger charge is 2.20. The van der Waals surface area contributed by atoms with Gasteiger partial charge in [0.1, 0.15) is 13.2 Å². The standard InChI is InChI=1S/C12H12ClNO3/c1-2-9-8(6-14-7-15)5-10-12(11(9)13)17-4-3-16-10/h5H,2-4,6H2,1H3. The molecule has 0 aromatic heterocycles. The van der Waals surface area contributed by atoms with Gasteiger partial charge in [-0.1, -0.05) is 18.5 Å². The van der Waals surface area contributed by atoms with E-state index in [-0.39, 0.29) is 6.54 Å². The molecule has 90 valence electrons. The van der Waals surface area contributed by atoms with E-state index in [1.807, 2.05) is 13.0 Å². The molecule has 1 heterocycles. The largest absolute Gasteiger partial charge is 0.486 e. The minimum absolute atomic E-state index is 0.267. The van der Waals surface area contributed by atoms with Crippen molar-refractivity contribution in [1.82, 2.24) is 0 Å². The SMILES string of the molecule is CCc1c(CN=C=O)cc2c(c1Cl)OCCO2. The average Bonchev–Trinajstić information content (AvgIpc) is 2.36. The maximum absolute atomic E-state index is 10.2.